The van der Waals surface area contributed by atoms with Gasteiger partial charge in [-0.05, 0) is 44.5 Å². The van der Waals surface area contributed by atoms with Crippen molar-refractivity contribution in [3.8, 4) is 5.75 Å². The molecule has 0 saturated carbocycles. The number of aromatic nitrogens is 1. The van der Waals surface area contributed by atoms with Crippen molar-refractivity contribution in [2.24, 2.45) is 0 Å². The summed E-state index contributed by atoms with van der Waals surface area (Å²) in [7, 11) is 0. The quantitative estimate of drug-likeness (QED) is 0.729. The first-order valence-corrected chi connectivity index (χ1v) is 7.84. The smallest absolute Gasteiger partial charge is 0.224 e. The van der Waals surface area contributed by atoms with Crippen LogP contribution in [0.25, 0.3) is 0 Å². The summed E-state index contributed by atoms with van der Waals surface area (Å²) in [6, 6.07) is 13.6. The topological polar surface area (TPSA) is 63.2 Å². The first kappa shape index (κ1) is 16.8. The van der Waals surface area contributed by atoms with E-state index >= 15 is 0 Å². The molecule has 0 atom stereocenters. The normalized spacial score (nSPS) is 10.4. The van der Waals surface area contributed by atoms with E-state index in [1.807, 2.05) is 42.5 Å². The number of amides is 1. The number of benzene rings is 1. The monoisotopic (exact) mass is 313 g/mol. The third-order valence-electron chi connectivity index (χ3n) is 3.04. The van der Waals surface area contributed by atoms with Crippen LogP contribution >= 0.6 is 0 Å². The van der Waals surface area contributed by atoms with E-state index in [0.29, 0.717) is 31.2 Å². The van der Waals surface area contributed by atoms with E-state index < -0.39 is 0 Å². The van der Waals surface area contributed by atoms with Gasteiger partial charge in [-0.1, -0.05) is 18.2 Å². The van der Waals surface area contributed by atoms with E-state index in [4.69, 9.17) is 4.74 Å². The van der Waals surface area contributed by atoms with Crippen LogP contribution in [0.4, 0.5) is 11.5 Å². The van der Waals surface area contributed by atoms with Crippen molar-refractivity contribution in [1.29, 1.82) is 0 Å². The number of ether oxygens (including phenoxy) is 1. The minimum absolute atomic E-state index is 0.0342. The summed E-state index contributed by atoms with van der Waals surface area (Å²) in [5, 5.41) is 6.04. The fraction of sp³-hybridized carbons (Fsp3) is 0.333. The van der Waals surface area contributed by atoms with Crippen molar-refractivity contribution in [3.05, 3.63) is 48.7 Å². The maximum atomic E-state index is 11.9. The van der Waals surface area contributed by atoms with Crippen molar-refractivity contribution >= 4 is 17.4 Å². The van der Waals surface area contributed by atoms with Gasteiger partial charge in [0.25, 0.3) is 0 Å². The molecule has 2 N–H and O–H groups in total. The number of carbonyl (C=O) groups excluding carboxylic acids is 1. The van der Waals surface area contributed by atoms with Crippen molar-refractivity contribution in [2.75, 3.05) is 17.2 Å². The standard InChI is InChI=1S/C18H23N3O2/c1-14(2)20-17-11-10-15(13-19-17)21-18(22)9-6-12-23-16-7-4-3-5-8-16/h3-5,7-8,10-11,13-14H,6,9,12H2,1-2H3,(H,19,20)(H,21,22). The van der Waals surface area contributed by atoms with Gasteiger partial charge >= 0.3 is 0 Å². The highest BCUT2D eigenvalue weighted by Crippen LogP contribution is 2.12. The molecule has 5 nitrogen and oxygen atoms in total. The van der Waals surface area contributed by atoms with Gasteiger partial charge in [0.1, 0.15) is 11.6 Å². The Bertz CT molecular complexity index is 597. The van der Waals surface area contributed by atoms with Crippen LogP contribution in [0.15, 0.2) is 48.7 Å². The predicted molar refractivity (Wildman–Crippen MR) is 92.8 cm³/mol. The van der Waals surface area contributed by atoms with Gasteiger partial charge in [-0.3, -0.25) is 4.79 Å². The molecule has 0 spiro atoms. The first-order valence-electron chi connectivity index (χ1n) is 7.84. The fourth-order valence-electron chi connectivity index (χ4n) is 2.01. The second-order valence-corrected chi connectivity index (χ2v) is 5.54. The van der Waals surface area contributed by atoms with Crippen LogP contribution in [0.1, 0.15) is 26.7 Å². The van der Waals surface area contributed by atoms with Crippen molar-refractivity contribution in [3.63, 3.8) is 0 Å². The molecule has 0 saturated heterocycles. The zero-order chi connectivity index (χ0) is 16.5. The predicted octanol–water partition coefficient (Wildman–Crippen LogP) is 3.70. The lowest BCUT2D eigenvalue weighted by atomic mass is 10.3. The Hall–Kier alpha value is -2.56. The van der Waals surface area contributed by atoms with Crippen molar-refractivity contribution in [1.82, 2.24) is 4.98 Å². The van der Waals surface area contributed by atoms with Gasteiger partial charge in [0.05, 0.1) is 18.5 Å². The number of para-hydroxylation sites is 1. The van der Waals surface area contributed by atoms with Crippen LogP contribution in [-0.4, -0.2) is 23.5 Å². The third kappa shape index (κ3) is 6.38. The number of anilines is 2. The van der Waals surface area contributed by atoms with Crippen LogP contribution in [0.3, 0.4) is 0 Å². The highest BCUT2D eigenvalue weighted by Gasteiger charge is 2.04. The minimum Gasteiger partial charge on any atom is -0.494 e. The van der Waals surface area contributed by atoms with Gasteiger partial charge in [0, 0.05) is 12.5 Å². The Kier molecular flexibility index (Phi) is 6.41. The molecule has 0 aliphatic rings. The van der Waals surface area contributed by atoms with Crippen molar-refractivity contribution in [2.45, 2.75) is 32.7 Å². The molecule has 2 aromatic rings. The molecular weight excluding hydrogens is 290 g/mol. The number of nitrogens with one attached hydrogen (secondary N) is 2. The van der Waals surface area contributed by atoms with Crippen LogP contribution in [0.5, 0.6) is 5.75 Å². The SMILES string of the molecule is CC(C)Nc1ccc(NC(=O)CCCOc2ccccc2)cn1. The van der Waals surface area contributed by atoms with Crippen LogP contribution in [0.2, 0.25) is 0 Å². The number of rotatable bonds is 8. The van der Waals surface area contributed by atoms with E-state index in [0.717, 1.165) is 11.6 Å². The molecule has 0 aliphatic heterocycles. The van der Waals surface area contributed by atoms with E-state index in [-0.39, 0.29) is 5.91 Å². The second kappa shape index (κ2) is 8.78. The third-order valence-corrected chi connectivity index (χ3v) is 3.04. The molecule has 0 bridgehead atoms. The molecule has 5 heteroatoms. The second-order valence-electron chi connectivity index (χ2n) is 5.54. The zero-order valence-corrected chi connectivity index (χ0v) is 13.6. The van der Waals surface area contributed by atoms with Gasteiger partial charge in [0.2, 0.25) is 5.91 Å². The number of nitrogens with zero attached hydrogens (tertiary/aromatic N) is 1. The average Bonchev–Trinajstić information content (AvgIpc) is 2.54. The number of hydrogen-bond acceptors (Lipinski definition) is 4. The summed E-state index contributed by atoms with van der Waals surface area (Å²) < 4.78 is 5.56. The first-order chi connectivity index (χ1) is 11.1. The molecule has 1 aromatic heterocycles. The van der Waals surface area contributed by atoms with E-state index in [9.17, 15) is 4.79 Å². The van der Waals surface area contributed by atoms with E-state index in [1.54, 1.807) is 6.20 Å². The summed E-state index contributed by atoms with van der Waals surface area (Å²) in [5.41, 5.74) is 0.702. The van der Waals surface area contributed by atoms with Gasteiger partial charge < -0.3 is 15.4 Å². The van der Waals surface area contributed by atoms with Gasteiger partial charge in [-0.25, -0.2) is 4.98 Å². The molecule has 0 unspecified atom stereocenters. The minimum atomic E-state index is -0.0342. The summed E-state index contributed by atoms with van der Waals surface area (Å²) in [5.74, 6) is 1.59. The van der Waals surface area contributed by atoms with Crippen LogP contribution in [0, 0.1) is 0 Å². The number of carbonyl (C=O) groups is 1. The Balaban J connectivity index is 1.68. The lowest BCUT2D eigenvalue weighted by Gasteiger charge is -2.10. The van der Waals surface area contributed by atoms with E-state index in [2.05, 4.69) is 29.5 Å². The highest BCUT2D eigenvalue weighted by molar-refractivity contribution is 5.90. The molecule has 2 rings (SSSR count). The summed E-state index contributed by atoms with van der Waals surface area (Å²) >= 11 is 0. The van der Waals surface area contributed by atoms with E-state index in [1.165, 1.54) is 0 Å². The largest absolute Gasteiger partial charge is 0.494 e. The molecular formula is C18H23N3O2. The molecule has 0 fully saturated rings. The summed E-state index contributed by atoms with van der Waals surface area (Å²) in [6.07, 6.45) is 2.74. The maximum absolute atomic E-state index is 11.9. The fourth-order valence-corrected chi connectivity index (χ4v) is 2.01. The van der Waals surface area contributed by atoms with Crippen LogP contribution in [-0.2, 0) is 4.79 Å². The summed E-state index contributed by atoms with van der Waals surface area (Å²) in [6.45, 7) is 4.62. The Morgan fingerprint density at radius 3 is 2.61 bits per heavy atom. The van der Waals surface area contributed by atoms with Crippen LogP contribution < -0.4 is 15.4 Å². The Morgan fingerprint density at radius 2 is 1.96 bits per heavy atom. The molecule has 1 amide bonds. The lowest BCUT2D eigenvalue weighted by molar-refractivity contribution is -0.116. The maximum Gasteiger partial charge on any atom is 0.224 e. The van der Waals surface area contributed by atoms with Crippen molar-refractivity contribution < 1.29 is 9.53 Å². The molecule has 1 aromatic carbocycles. The lowest BCUT2D eigenvalue weighted by Crippen LogP contribution is -2.14. The van der Waals surface area contributed by atoms with Gasteiger partial charge in [-0.2, -0.15) is 0 Å². The highest BCUT2D eigenvalue weighted by atomic mass is 16.5. The zero-order valence-electron chi connectivity index (χ0n) is 13.6. The Labute approximate surface area is 137 Å². The van der Waals surface area contributed by atoms with Gasteiger partial charge in [0.15, 0.2) is 0 Å². The average molecular weight is 313 g/mol. The molecule has 0 radical (unpaired) electrons. The Morgan fingerprint density at radius 1 is 1.17 bits per heavy atom. The molecule has 122 valence electrons. The number of pyridine rings is 1. The summed E-state index contributed by atoms with van der Waals surface area (Å²) in [4.78, 5) is 16.1. The molecule has 0 aliphatic carbocycles. The number of hydrogen-bond donors (Lipinski definition) is 2. The molecule has 23 heavy (non-hydrogen) atoms. The molecule has 1 heterocycles. The van der Waals surface area contributed by atoms with Gasteiger partial charge in [-0.15, -0.1) is 0 Å².